The van der Waals surface area contributed by atoms with Crippen molar-refractivity contribution in [1.82, 2.24) is 24.9 Å². The van der Waals surface area contributed by atoms with Crippen LogP contribution in [0.3, 0.4) is 0 Å². The van der Waals surface area contributed by atoms with Crippen molar-refractivity contribution in [3.05, 3.63) is 46.7 Å². The first-order valence-electron chi connectivity index (χ1n) is 9.11. The van der Waals surface area contributed by atoms with Gasteiger partial charge in [0.05, 0.1) is 27.8 Å². The van der Waals surface area contributed by atoms with Crippen molar-refractivity contribution in [3.8, 4) is 11.3 Å². The summed E-state index contributed by atoms with van der Waals surface area (Å²) in [6, 6.07) is 6.61. The lowest BCUT2D eigenvalue weighted by atomic mass is 9.96. The van der Waals surface area contributed by atoms with E-state index in [-0.39, 0.29) is 0 Å². The van der Waals surface area contributed by atoms with Gasteiger partial charge in [-0.25, -0.2) is 9.50 Å². The van der Waals surface area contributed by atoms with Crippen LogP contribution in [0.4, 0.5) is 0 Å². The summed E-state index contributed by atoms with van der Waals surface area (Å²) in [6.45, 7) is 6.31. The molecule has 0 bridgehead atoms. The second kappa shape index (κ2) is 6.14. The monoisotopic (exact) mass is 363 g/mol. The molecule has 0 aliphatic carbocycles. The van der Waals surface area contributed by atoms with E-state index in [0.717, 1.165) is 46.8 Å². The normalized spacial score (nSPS) is 15.9. The molecule has 0 spiro atoms. The Bertz CT molecular complexity index is 1100. The van der Waals surface area contributed by atoms with Crippen molar-refractivity contribution in [1.29, 1.82) is 0 Å². The third-order valence-electron chi connectivity index (χ3n) is 5.16. The van der Waals surface area contributed by atoms with Gasteiger partial charge in [0.1, 0.15) is 0 Å². The first kappa shape index (κ1) is 15.9. The highest BCUT2D eigenvalue weighted by Crippen LogP contribution is 2.35. The highest BCUT2D eigenvalue weighted by molar-refractivity contribution is 7.19. The van der Waals surface area contributed by atoms with Gasteiger partial charge in [-0.2, -0.15) is 5.10 Å². The Morgan fingerprint density at radius 3 is 2.85 bits per heavy atom. The molecule has 5 heterocycles. The van der Waals surface area contributed by atoms with Crippen LogP contribution in [0.5, 0.6) is 0 Å². The quantitative estimate of drug-likeness (QED) is 0.583. The number of rotatable bonds is 2. The minimum Gasteiger partial charge on any atom is -0.317 e. The van der Waals surface area contributed by atoms with E-state index in [4.69, 9.17) is 10.1 Å². The summed E-state index contributed by atoms with van der Waals surface area (Å²) in [5, 5.41) is 8.18. The van der Waals surface area contributed by atoms with Crippen molar-refractivity contribution < 1.29 is 0 Å². The Labute approximate surface area is 156 Å². The molecule has 26 heavy (non-hydrogen) atoms. The van der Waals surface area contributed by atoms with Crippen molar-refractivity contribution in [2.24, 2.45) is 0 Å². The maximum Gasteiger partial charge on any atom is 0.156 e. The summed E-state index contributed by atoms with van der Waals surface area (Å²) in [5.41, 5.74) is 6.14. The number of piperidine rings is 1. The first-order chi connectivity index (χ1) is 12.7. The van der Waals surface area contributed by atoms with Crippen LogP contribution in [-0.2, 0) is 0 Å². The van der Waals surface area contributed by atoms with Crippen LogP contribution >= 0.6 is 11.3 Å². The van der Waals surface area contributed by atoms with Crippen molar-refractivity contribution in [3.63, 3.8) is 0 Å². The van der Waals surface area contributed by atoms with E-state index in [1.54, 1.807) is 0 Å². The van der Waals surface area contributed by atoms with Gasteiger partial charge in [-0.05, 0) is 69.5 Å². The summed E-state index contributed by atoms with van der Waals surface area (Å²) >= 11 is 1.89. The van der Waals surface area contributed by atoms with E-state index in [2.05, 4.69) is 35.4 Å². The number of fused-ring (bicyclic) bond motifs is 2. The van der Waals surface area contributed by atoms with Gasteiger partial charge < -0.3 is 5.32 Å². The molecule has 0 atom stereocenters. The second-order valence-corrected chi connectivity index (χ2v) is 8.26. The van der Waals surface area contributed by atoms with E-state index < -0.39 is 0 Å². The summed E-state index contributed by atoms with van der Waals surface area (Å²) < 4.78 is 3.12. The van der Waals surface area contributed by atoms with E-state index in [9.17, 15) is 0 Å². The number of hydrogen-bond acceptors (Lipinski definition) is 5. The SMILES string of the molecule is Cc1cn2nc(-c3cnc4cc(C5CCNCC5)sc4c3)cc(C)c2n1. The molecule has 5 rings (SSSR count). The molecule has 1 N–H and O–H groups in total. The lowest BCUT2D eigenvalue weighted by Crippen LogP contribution is -2.26. The number of pyridine rings is 1. The van der Waals surface area contributed by atoms with Crippen LogP contribution in [0, 0.1) is 13.8 Å². The minimum absolute atomic E-state index is 0.671. The van der Waals surface area contributed by atoms with Crippen molar-refractivity contribution in [2.75, 3.05) is 13.1 Å². The van der Waals surface area contributed by atoms with Crippen LogP contribution in [0.25, 0.3) is 27.1 Å². The maximum absolute atomic E-state index is 4.74. The molecule has 0 unspecified atom stereocenters. The summed E-state index contributed by atoms with van der Waals surface area (Å²) in [4.78, 5) is 10.7. The zero-order valence-electron chi connectivity index (χ0n) is 15.0. The topological polar surface area (TPSA) is 55.1 Å². The number of nitrogens with one attached hydrogen (secondary N) is 1. The van der Waals surface area contributed by atoms with Crippen molar-refractivity contribution in [2.45, 2.75) is 32.6 Å². The van der Waals surface area contributed by atoms with Crippen LogP contribution in [-0.4, -0.2) is 32.7 Å². The molecule has 0 aromatic carbocycles. The largest absolute Gasteiger partial charge is 0.317 e. The molecule has 1 aliphatic heterocycles. The van der Waals surface area contributed by atoms with E-state index in [1.807, 2.05) is 35.2 Å². The fourth-order valence-electron chi connectivity index (χ4n) is 3.77. The lowest BCUT2D eigenvalue weighted by molar-refractivity contribution is 0.465. The second-order valence-electron chi connectivity index (χ2n) is 7.14. The summed E-state index contributed by atoms with van der Waals surface area (Å²) in [5.74, 6) is 0.671. The zero-order valence-corrected chi connectivity index (χ0v) is 15.8. The van der Waals surface area contributed by atoms with Crippen LogP contribution in [0.15, 0.2) is 30.6 Å². The lowest BCUT2D eigenvalue weighted by Gasteiger charge is -2.21. The van der Waals surface area contributed by atoms with Gasteiger partial charge in [0.15, 0.2) is 5.65 Å². The molecule has 4 aromatic heterocycles. The average Bonchev–Trinajstić information content (AvgIpc) is 3.24. The Morgan fingerprint density at radius 2 is 2.00 bits per heavy atom. The number of hydrogen-bond donors (Lipinski definition) is 1. The van der Waals surface area contributed by atoms with E-state index >= 15 is 0 Å². The molecule has 132 valence electrons. The van der Waals surface area contributed by atoms with Gasteiger partial charge in [0.25, 0.3) is 0 Å². The molecule has 0 amide bonds. The highest BCUT2D eigenvalue weighted by atomic mass is 32.1. The van der Waals surface area contributed by atoms with E-state index in [0.29, 0.717) is 5.92 Å². The van der Waals surface area contributed by atoms with E-state index in [1.165, 1.54) is 22.4 Å². The van der Waals surface area contributed by atoms with Gasteiger partial charge in [-0.15, -0.1) is 11.3 Å². The maximum atomic E-state index is 4.74. The Morgan fingerprint density at radius 1 is 1.15 bits per heavy atom. The molecule has 4 aromatic rings. The average molecular weight is 363 g/mol. The predicted octanol–water partition coefficient (Wildman–Crippen LogP) is 4.09. The zero-order chi connectivity index (χ0) is 17.7. The number of aryl methyl sites for hydroxylation is 2. The van der Waals surface area contributed by atoms with Gasteiger partial charge >= 0.3 is 0 Å². The molecular weight excluding hydrogens is 342 g/mol. The molecule has 5 nitrogen and oxygen atoms in total. The van der Waals surface area contributed by atoms with Gasteiger partial charge in [-0.3, -0.25) is 4.98 Å². The fourth-order valence-corrected chi connectivity index (χ4v) is 5.00. The third kappa shape index (κ3) is 2.70. The molecular formula is C20H21N5S. The Kier molecular flexibility index (Phi) is 3.76. The molecule has 6 heteroatoms. The number of thiophene rings is 1. The Balaban J connectivity index is 1.56. The minimum atomic E-state index is 0.671. The first-order valence-corrected chi connectivity index (χ1v) is 9.93. The molecule has 1 aliphatic rings. The summed E-state index contributed by atoms with van der Waals surface area (Å²) in [6.07, 6.45) is 6.35. The molecule has 1 saturated heterocycles. The smallest absolute Gasteiger partial charge is 0.156 e. The highest BCUT2D eigenvalue weighted by Gasteiger charge is 2.18. The van der Waals surface area contributed by atoms with Gasteiger partial charge in [0.2, 0.25) is 0 Å². The van der Waals surface area contributed by atoms with Crippen LogP contribution in [0.2, 0.25) is 0 Å². The molecule has 0 radical (unpaired) electrons. The third-order valence-corrected chi connectivity index (χ3v) is 6.39. The predicted molar refractivity (Wildman–Crippen MR) is 106 cm³/mol. The van der Waals surface area contributed by atoms with Gasteiger partial charge in [-0.1, -0.05) is 0 Å². The Hall–Kier alpha value is -2.31. The van der Waals surface area contributed by atoms with Crippen molar-refractivity contribution >= 4 is 27.2 Å². The number of aromatic nitrogens is 4. The molecule has 1 fully saturated rings. The number of imidazole rings is 1. The number of nitrogens with zero attached hydrogens (tertiary/aromatic N) is 4. The fraction of sp³-hybridized carbons (Fsp3) is 0.350. The summed E-state index contributed by atoms with van der Waals surface area (Å²) in [7, 11) is 0. The van der Waals surface area contributed by atoms with Crippen LogP contribution in [0.1, 0.15) is 34.9 Å². The standard InChI is InChI=1S/C20H21N5S/c1-12-7-16(24-25-11-13(2)23-20(12)25)15-8-19-17(22-10-15)9-18(26-19)14-3-5-21-6-4-14/h7-11,14,21H,3-6H2,1-2H3. The molecule has 0 saturated carbocycles. The van der Waals surface area contributed by atoms with Gasteiger partial charge in [0, 0.05) is 16.6 Å². The van der Waals surface area contributed by atoms with Crippen LogP contribution < -0.4 is 5.32 Å².